The lowest BCUT2D eigenvalue weighted by Gasteiger charge is -2.21. The van der Waals surface area contributed by atoms with Crippen LogP contribution in [0.3, 0.4) is 0 Å². The molecule has 0 aromatic carbocycles. The van der Waals surface area contributed by atoms with Gasteiger partial charge < -0.3 is 9.47 Å². The summed E-state index contributed by atoms with van der Waals surface area (Å²) in [5.74, 6) is 15.9. The van der Waals surface area contributed by atoms with Crippen molar-refractivity contribution in [3.8, 4) is 0 Å². The molecule has 5 aliphatic heterocycles. The van der Waals surface area contributed by atoms with Crippen LogP contribution in [-0.4, -0.2) is 123 Å². The number of rotatable bonds is 0. The van der Waals surface area contributed by atoms with Gasteiger partial charge in [0.15, 0.2) is 0 Å². The van der Waals surface area contributed by atoms with Gasteiger partial charge in [0.05, 0.1) is 6.42 Å². The van der Waals surface area contributed by atoms with Gasteiger partial charge in [-0.05, 0) is 186 Å². The fraction of sp³-hybridized carbons (Fsp3) is 0.833. The van der Waals surface area contributed by atoms with Crippen LogP contribution in [-0.2, 0) is 57.4 Å². The maximum absolute atomic E-state index is 11.3. The van der Waals surface area contributed by atoms with Crippen LogP contribution >= 0.6 is 47.0 Å². The van der Waals surface area contributed by atoms with Crippen LogP contribution in [0.2, 0.25) is 0 Å². The van der Waals surface area contributed by atoms with Crippen molar-refractivity contribution in [2.24, 2.45) is 58.2 Å². The topological polar surface area (TPSA) is 206 Å². The Kier molecular flexibility index (Phi) is 32.5. The summed E-state index contributed by atoms with van der Waals surface area (Å²) in [6, 6.07) is 0. The molecule has 8 bridgehead atoms. The van der Waals surface area contributed by atoms with Crippen LogP contribution in [0, 0.1) is 58.2 Å². The van der Waals surface area contributed by atoms with Crippen LogP contribution in [0.15, 0.2) is 0 Å². The lowest BCUT2D eigenvalue weighted by Crippen LogP contribution is -2.20. The lowest BCUT2D eigenvalue weighted by molar-refractivity contribution is -0.138. The van der Waals surface area contributed by atoms with E-state index in [9.17, 15) is 52.7 Å². The smallest absolute Gasteiger partial charge is 0.431 e. The molecule has 11 aliphatic carbocycles. The highest BCUT2D eigenvalue weighted by Crippen LogP contribution is 2.56. The first-order valence-electron chi connectivity index (χ1n) is 32.2. The normalized spacial score (nSPS) is 31.3. The first kappa shape index (κ1) is 71.1. The second-order valence-electron chi connectivity index (χ2n) is 26.0. The van der Waals surface area contributed by atoms with E-state index < -0.39 is 6.16 Å². The molecular weight excluding hydrogens is 1130 g/mol. The molecule has 8 unspecified atom stereocenters. The maximum atomic E-state index is 11.3. The zero-order chi connectivity index (χ0) is 60.2. The first-order valence-corrected chi connectivity index (χ1v) is 36.8. The molecule has 468 valence electrons. The summed E-state index contributed by atoms with van der Waals surface area (Å²) in [4.78, 5) is 118. The quantitative estimate of drug-likeness (QED) is 0.0956. The molecule has 16 rings (SSSR count). The molecule has 11 saturated carbocycles. The third kappa shape index (κ3) is 25.2. The largest absolute Gasteiger partial charge is 0.508 e. The van der Waals surface area contributed by atoms with Gasteiger partial charge in [-0.25, -0.2) is 4.79 Å². The molecule has 5 heterocycles. The molecule has 16 aliphatic rings. The molecular formula is C66H102O13S4. The fourth-order valence-corrected chi connectivity index (χ4v) is 15.7. The van der Waals surface area contributed by atoms with Crippen molar-refractivity contribution in [2.75, 3.05) is 59.2 Å². The maximum Gasteiger partial charge on any atom is 0.508 e. The van der Waals surface area contributed by atoms with Gasteiger partial charge in [-0.3, -0.25) is 47.9 Å². The molecule has 0 aromatic heterocycles. The zero-order valence-corrected chi connectivity index (χ0v) is 54.3. The van der Waals surface area contributed by atoms with E-state index in [2.05, 4.69) is 46.8 Å². The van der Waals surface area contributed by atoms with Gasteiger partial charge in [-0.2, -0.15) is 47.0 Å². The zero-order valence-electron chi connectivity index (χ0n) is 51.1. The van der Waals surface area contributed by atoms with Crippen molar-refractivity contribution in [3.63, 3.8) is 0 Å². The van der Waals surface area contributed by atoms with E-state index in [1.165, 1.54) is 117 Å². The second kappa shape index (κ2) is 37.9. The SMILES string of the molecule is C1CCSC1.C1CCSCC1.C1CS1.C1CSC1.CC1(C)C2CCC1C(=O)C2.CC1(C)C2CCC1C(=O)C2=O.O=C1C(=O)C2CCC1C2.O=C1CC2CCC1C2.O=C1CCCC(=O)C1.O=C1CCCC1.O=C1CCCCC1.O=C1OCCO1. The summed E-state index contributed by atoms with van der Waals surface area (Å²) in [5.41, 5.74) is 0.311. The Hall–Kier alpha value is -2.63. The number of carbonyl (C=O) groups excluding carboxylic acids is 11. The summed E-state index contributed by atoms with van der Waals surface area (Å²) < 4.78 is 8.58. The minimum absolute atomic E-state index is 0.0336. The summed E-state index contributed by atoms with van der Waals surface area (Å²) >= 11 is 8.21. The van der Waals surface area contributed by atoms with E-state index >= 15 is 0 Å². The molecule has 0 aromatic rings. The third-order valence-corrected chi connectivity index (χ3v) is 22.9. The predicted molar refractivity (Wildman–Crippen MR) is 335 cm³/mol. The van der Waals surface area contributed by atoms with Gasteiger partial charge >= 0.3 is 6.16 Å². The first-order chi connectivity index (χ1) is 39.8. The highest BCUT2D eigenvalue weighted by atomic mass is 32.2. The highest BCUT2D eigenvalue weighted by molar-refractivity contribution is 8.06. The van der Waals surface area contributed by atoms with E-state index in [0.29, 0.717) is 72.4 Å². The van der Waals surface area contributed by atoms with E-state index in [1.54, 1.807) is 0 Å². The van der Waals surface area contributed by atoms with Gasteiger partial charge in [0.1, 0.15) is 47.9 Å². The minimum Gasteiger partial charge on any atom is -0.431 e. The Morgan fingerprint density at radius 1 is 0.349 bits per heavy atom. The van der Waals surface area contributed by atoms with Crippen molar-refractivity contribution in [1.29, 1.82) is 0 Å². The molecule has 0 amide bonds. The summed E-state index contributed by atoms with van der Waals surface area (Å²) in [7, 11) is 0. The fourth-order valence-electron chi connectivity index (χ4n) is 13.4. The number of carbonyl (C=O) groups is 11. The van der Waals surface area contributed by atoms with Crippen molar-refractivity contribution in [1.82, 2.24) is 0 Å². The number of ketones is 10. The minimum atomic E-state index is -0.546. The molecule has 0 spiro atoms. The average molecular weight is 1230 g/mol. The number of fused-ring (bicyclic) bond motifs is 8. The van der Waals surface area contributed by atoms with Crippen LogP contribution in [0.25, 0.3) is 0 Å². The Bertz CT molecular complexity index is 2030. The molecule has 8 atom stereocenters. The van der Waals surface area contributed by atoms with Crippen LogP contribution < -0.4 is 0 Å². The Morgan fingerprint density at radius 2 is 0.759 bits per heavy atom. The number of ether oxygens (including phenoxy) is 2. The molecule has 17 heteroatoms. The van der Waals surface area contributed by atoms with E-state index in [-0.39, 0.29) is 70.2 Å². The standard InChI is InChI=1S/C9H12O2.C9H14O.C7H8O2.C7H10O.C6H8O2.C6H10O.C5H8O.C5H10S.C4H8S.C3H4O3.C3H6S.C2H4S/c1-9(2)5-3-4-6(9)8(11)7(5)10;1-9(2)6-3-4-7(9)8(10)5-6;8-6-4-1-2-5(3-4)7(6)9;8-7-4-5-1-2-6(7)3-5;7-5-2-1-3-6(8)4-5;7-6-4-2-1-3-5-6;6-5-3-1-2-4-5;1-2-4-6-5-3-1;1-2-4-5-3-1;4-3-5-1-2-6-3;1-2-4-3-1;1-2-3-1/h5-6H,3-4H2,1-2H3;6-7H,3-5H2,1-2H3;4-5H,1-3H2;5-6H,1-4H2;1-4H2;1-5H2;1-4H2;1-5H2;1-4H2;1-2H2;1-3H2;1-2H2. The number of hydrogen-bond donors (Lipinski definition) is 0. The van der Waals surface area contributed by atoms with Gasteiger partial charge in [0.2, 0.25) is 23.1 Å². The molecule has 13 nitrogen and oxygen atoms in total. The van der Waals surface area contributed by atoms with Gasteiger partial charge in [0.25, 0.3) is 0 Å². The van der Waals surface area contributed by atoms with Crippen LogP contribution in [0.5, 0.6) is 0 Å². The molecule has 83 heavy (non-hydrogen) atoms. The molecule has 5 saturated heterocycles. The average Bonchev–Trinajstić information content (AvgIpc) is 3.91. The van der Waals surface area contributed by atoms with Crippen LogP contribution in [0.4, 0.5) is 4.79 Å². The van der Waals surface area contributed by atoms with Gasteiger partial charge in [-0.15, -0.1) is 0 Å². The summed E-state index contributed by atoms with van der Waals surface area (Å²) in [5, 5.41) is 0. The predicted octanol–water partition coefficient (Wildman–Crippen LogP) is 13.9. The number of cyclic esters (lactones) is 2. The number of thioether (sulfide) groups is 4. The van der Waals surface area contributed by atoms with Gasteiger partial charge in [-0.1, -0.05) is 40.5 Å². The third-order valence-electron chi connectivity index (χ3n) is 19.0. The monoisotopic (exact) mass is 1230 g/mol. The molecule has 16 fully saturated rings. The van der Waals surface area contributed by atoms with Crippen molar-refractivity contribution < 1.29 is 62.2 Å². The van der Waals surface area contributed by atoms with E-state index in [0.717, 1.165) is 115 Å². The second-order valence-corrected chi connectivity index (χ2v) is 30.9. The number of hydrogen-bond acceptors (Lipinski definition) is 17. The van der Waals surface area contributed by atoms with Crippen LogP contribution in [0.1, 0.15) is 227 Å². The summed E-state index contributed by atoms with van der Waals surface area (Å²) in [6.07, 6.45) is 32.3. The Morgan fingerprint density at radius 3 is 0.952 bits per heavy atom. The van der Waals surface area contributed by atoms with E-state index in [4.69, 9.17) is 0 Å². The van der Waals surface area contributed by atoms with Crippen molar-refractivity contribution >= 4 is 111 Å². The van der Waals surface area contributed by atoms with Crippen molar-refractivity contribution in [3.05, 3.63) is 0 Å². The van der Waals surface area contributed by atoms with Gasteiger partial charge in [0, 0.05) is 98.4 Å². The van der Waals surface area contributed by atoms with E-state index in [1.807, 2.05) is 37.4 Å². The van der Waals surface area contributed by atoms with Crippen molar-refractivity contribution in [2.45, 2.75) is 227 Å². The summed E-state index contributed by atoms with van der Waals surface area (Å²) in [6.45, 7) is 9.41. The number of Topliss-reactive ketones (excluding diaryl/α,β-unsaturated/α-hetero) is 10. The Balaban J connectivity index is 0.000000168. The highest BCUT2D eigenvalue weighted by Gasteiger charge is 2.58. The molecule has 0 N–H and O–H groups in total. The molecule has 0 radical (unpaired) electrons. The Labute approximate surface area is 514 Å². The lowest BCUT2D eigenvalue weighted by atomic mass is 9.82.